The Bertz CT molecular complexity index is 1100. The number of rotatable bonds is 10. The predicted octanol–water partition coefficient (Wildman–Crippen LogP) is 3.39. The number of nitrogens with two attached hydrogens (primary N) is 1. The summed E-state index contributed by atoms with van der Waals surface area (Å²) in [4.78, 5) is 36.7. The van der Waals surface area contributed by atoms with E-state index in [1.807, 2.05) is 13.8 Å². The van der Waals surface area contributed by atoms with Gasteiger partial charge in [0.25, 0.3) is 5.91 Å². The number of primary amides is 1. The molecule has 5 aliphatic rings. The Morgan fingerprint density at radius 3 is 2.47 bits per heavy atom. The van der Waals surface area contributed by atoms with Gasteiger partial charge in [-0.05, 0) is 87.9 Å². The first-order chi connectivity index (χ1) is 17.8. The third kappa shape index (κ3) is 4.98. The van der Waals surface area contributed by atoms with Crippen molar-refractivity contribution >= 4 is 17.9 Å². The molecule has 4 N–H and O–H groups in total. The van der Waals surface area contributed by atoms with Gasteiger partial charge in [0.1, 0.15) is 11.2 Å². The summed E-state index contributed by atoms with van der Waals surface area (Å²) in [5.74, 6) is 1.98. The van der Waals surface area contributed by atoms with Crippen LogP contribution in [0.25, 0.3) is 0 Å². The summed E-state index contributed by atoms with van der Waals surface area (Å²) >= 11 is 0. The quantitative estimate of drug-likeness (QED) is 0.425. The largest absolute Gasteiger partial charge is 0.477 e. The zero-order chi connectivity index (χ0) is 27.5. The number of hydrogen-bond acceptors (Lipinski definition) is 6. The highest BCUT2D eigenvalue weighted by molar-refractivity contribution is 5.96. The molecule has 3 amide bonds. The molecular formula is C28H43N5O5. The number of carbonyl (C=O) groups excluding carboxylic acids is 3. The lowest BCUT2D eigenvalue weighted by Crippen LogP contribution is -2.59. The van der Waals surface area contributed by atoms with Gasteiger partial charge in [-0.15, -0.1) is 0 Å². The Morgan fingerprint density at radius 2 is 1.87 bits per heavy atom. The molecule has 0 radical (unpaired) electrons. The van der Waals surface area contributed by atoms with Gasteiger partial charge in [-0.3, -0.25) is 9.59 Å². The van der Waals surface area contributed by atoms with Crippen molar-refractivity contribution in [3.05, 3.63) is 11.8 Å². The van der Waals surface area contributed by atoms with Gasteiger partial charge in [-0.2, -0.15) is 5.10 Å². The highest BCUT2D eigenvalue weighted by Crippen LogP contribution is 2.73. The van der Waals surface area contributed by atoms with E-state index in [2.05, 4.69) is 29.6 Å². The lowest BCUT2D eigenvalue weighted by Gasteiger charge is -2.60. The highest BCUT2D eigenvalue weighted by atomic mass is 16.6. The van der Waals surface area contributed by atoms with Gasteiger partial charge in [-0.25, -0.2) is 9.48 Å². The van der Waals surface area contributed by atoms with Crippen LogP contribution in [0.4, 0.5) is 4.79 Å². The topological polar surface area (TPSA) is 138 Å². The standard InChI is InChI=1S/C28H43N5O5/c1-16(2)15-37-24-21(14-30-33(24)7-6-26(4,5)32-17(3)34)23(35)31-22-13-28(22)19-8-18-9-20(28)12-27(10-18,11-19)38-25(29)36/h14,16,18-20,22H,6-13,15H2,1-5H3,(H2,29,36)(H,31,35)(H,32,34). The monoisotopic (exact) mass is 529 g/mol. The molecule has 3 unspecified atom stereocenters. The van der Waals surface area contributed by atoms with E-state index >= 15 is 0 Å². The highest BCUT2D eigenvalue weighted by Gasteiger charge is 2.72. The SMILES string of the molecule is CC(=O)NC(C)(C)CCn1ncc(C(=O)NC2CC23C2CC4CC3CC(OC(N)=O)(C4)C2)c1OCC(C)C. The van der Waals surface area contributed by atoms with Crippen LogP contribution < -0.4 is 21.1 Å². The molecule has 5 fully saturated rings. The summed E-state index contributed by atoms with van der Waals surface area (Å²) in [5.41, 5.74) is 5.14. The number of ether oxygens (including phenoxy) is 2. The van der Waals surface area contributed by atoms with Crippen molar-refractivity contribution in [3.8, 4) is 5.88 Å². The molecule has 1 spiro atoms. The minimum Gasteiger partial charge on any atom is -0.477 e. The van der Waals surface area contributed by atoms with Gasteiger partial charge in [0.2, 0.25) is 11.8 Å². The number of carbonyl (C=O) groups is 3. The lowest BCUT2D eigenvalue weighted by atomic mass is 9.48. The molecule has 0 aliphatic heterocycles. The van der Waals surface area contributed by atoms with Crippen LogP contribution in [0.2, 0.25) is 0 Å². The molecule has 5 aliphatic carbocycles. The average Bonchev–Trinajstić information content (AvgIpc) is 3.32. The maximum Gasteiger partial charge on any atom is 0.405 e. The Balaban J connectivity index is 1.28. The van der Waals surface area contributed by atoms with Crippen molar-refractivity contribution in [2.24, 2.45) is 34.8 Å². The minimum absolute atomic E-state index is 0.0814. The van der Waals surface area contributed by atoms with E-state index in [9.17, 15) is 14.4 Å². The van der Waals surface area contributed by atoms with Crippen LogP contribution in [0.3, 0.4) is 0 Å². The molecule has 38 heavy (non-hydrogen) atoms. The van der Waals surface area contributed by atoms with Crippen LogP contribution in [0, 0.1) is 29.1 Å². The van der Waals surface area contributed by atoms with Crippen molar-refractivity contribution in [3.63, 3.8) is 0 Å². The molecule has 5 saturated carbocycles. The maximum atomic E-state index is 13.6. The van der Waals surface area contributed by atoms with Crippen LogP contribution in [-0.2, 0) is 16.1 Å². The molecular weight excluding hydrogens is 486 g/mol. The van der Waals surface area contributed by atoms with Crippen LogP contribution >= 0.6 is 0 Å². The molecule has 0 aromatic carbocycles. The number of aromatic nitrogens is 2. The molecule has 10 nitrogen and oxygen atoms in total. The lowest BCUT2D eigenvalue weighted by molar-refractivity contribution is -0.161. The molecule has 1 aromatic rings. The van der Waals surface area contributed by atoms with Crippen molar-refractivity contribution in [2.45, 2.75) is 103 Å². The van der Waals surface area contributed by atoms with Gasteiger partial charge in [-0.1, -0.05) is 13.8 Å². The Labute approximate surface area is 224 Å². The van der Waals surface area contributed by atoms with Gasteiger partial charge >= 0.3 is 6.09 Å². The molecule has 1 heterocycles. The van der Waals surface area contributed by atoms with Crippen LogP contribution in [0.5, 0.6) is 5.88 Å². The molecule has 0 saturated heterocycles. The zero-order valence-corrected chi connectivity index (χ0v) is 23.3. The third-order valence-corrected chi connectivity index (χ3v) is 9.37. The molecule has 10 heteroatoms. The van der Waals surface area contributed by atoms with E-state index in [-0.39, 0.29) is 23.3 Å². The van der Waals surface area contributed by atoms with Crippen LogP contribution in [0.15, 0.2) is 6.20 Å². The zero-order valence-electron chi connectivity index (χ0n) is 23.3. The fourth-order valence-electron chi connectivity index (χ4n) is 8.03. The molecule has 1 aromatic heterocycles. The van der Waals surface area contributed by atoms with Gasteiger partial charge in [0, 0.05) is 25.0 Å². The van der Waals surface area contributed by atoms with Gasteiger partial charge in [0.15, 0.2) is 0 Å². The van der Waals surface area contributed by atoms with E-state index in [0.717, 1.165) is 38.5 Å². The van der Waals surface area contributed by atoms with E-state index in [4.69, 9.17) is 15.2 Å². The molecule has 210 valence electrons. The molecule has 3 atom stereocenters. The van der Waals surface area contributed by atoms with E-state index < -0.39 is 17.2 Å². The smallest absolute Gasteiger partial charge is 0.405 e. The minimum atomic E-state index is -0.673. The molecule has 4 bridgehead atoms. The van der Waals surface area contributed by atoms with E-state index in [0.29, 0.717) is 54.7 Å². The number of aryl methyl sites for hydroxylation is 1. The Kier molecular flexibility index (Phi) is 6.67. The summed E-state index contributed by atoms with van der Waals surface area (Å²) in [5, 5.41) is 10.8. The maximum absolute atomic E-state index is 13.6. The van der Waals surface area contributed by atoms with Crippen LogP contribution in [-0.4, -0.2) is 51.5 Å². The third-order valence-electron chi connectivity index (χ3n) is 9.37. The van der Waals surface area contributed by atoms with Crippen LogP contribution in [0.1, 0.15) is 89.9 Å². The summed E-state index contributed by atoms with van der Waals surface area (Å²) in [6.45, 7) is 10.6. The first kappa shape index (κ1) is 26.8. The summed E-state index contributed by atoms with van der Waals surface area (Å²) < 4.78 is 13.5. The first-order valence-electron chi connectivity index (χ1n) is 14.1. The predicted molar refractivity (Wildman–Crippen MR) is 140 cm³/mol. The van der Waals surface area contributed by atoms with E-state index in [1.54, 1.807) is 10.9 Å². The van der Waals surface area contributed by atoms with Crippen molar-refractivity contribution in [1.82, 2.24) is 20.4 Å². The number of nitrogens with one attached hydrogen (secondary N) is 2. The van der Waals surface area contributed by atoms with Gasteiger partial charge < -0.3 is 25.8 Å². The fourth-order valence-corrected chi connectivity index (χ4v) is 8.03. The van der Waals surface area contributed by atoms with Crippen molar-refractivity contribution in [1.29, 1.82) is 0 Å². The van der Waals surface area contributed by atoms with E-state index in [1.165, 1.54) is 6.92 Å². The van der Waals surface area contributed by atoms with Crippen molar-refractivity contribution < 1.29 is 23.9 Å². The Hall–Kier alpha value is -2.78. The molecule has 6 rings (SSSR count). The normalized spacial score (nSPS) is 32.9. The first-order valence-corrected chi connectivity index (χ1v) is 14.1. The summed E-state index contributed by atoms with van der Waals surface area (Å²) in [6.07, 6.45) is 7.42. The second-order valence-electron chi connectivity index (χ2n) is 13.4. The number of amides is 3. The van der Waals surface area contributed by atoms with Crippen molar-refractivity contribution in [2.75, 3.05) is 6.61 Å². The fraction of sp³-hybridized carbons (Fsp3) is 0.786. The number of hydrogen-bond donors (Lipinski definition) is 3. The summed E-state index contributed by atoms with van der Waals surface area (Å²) in [6, 6.07) is 0.107. The van der Waals surface area contributed by atoms with Gasteiger partial charge in [0.05, 0.1) is 12.8 Å². The summed E-state index contributed by atoms with van der Waals surface area (Å²) in [7, 11) is 0. The second-order valence-corrected chi connectivity index (χ2v) is 13.4. The average molecular weight is 530 g/mol. The second kappa shape index (κ2) is 9.45. The number of nitrogens with zero attached hydrogens (tertiary/aromatic N) is 2. The Morgan fingerprint density at radius 1 is 1.18 bits per heavy atom.